The van der Waals surface area contributed by atoms with Gasteiger partial charge in [0.05, 0.1) is 12.6 Å². The summed E-state index contributed by atoms with van der Waals surface area (Å²) < 4.78 is 0. The molecule has 12 heavy (non-hydrogen) atoms. The molecule has 1 saturated heterocycles. The summed E-state index contributed by atoms with van der Waals surface area (Å²) in [6.45, 7) is 2.49. The number of rotatable bonds is 1. The molecule has 0 radical (unpaired) electrons. The minimum absolute atomic E-state index is 0.108. The van der Waals surface area contributed by atoms with Gasteiger partial charge in [0, 0.05) is 12.1 Å². The van der Waals surface area contributed by atoms with E-state index in [9.17, 15) is 4.79 Å². The number of hydrogen-bond donors (Lipinski definition) is 0. The minimum atomic E-state index is -0.370. The first kappa shape index (κ1) is 7.75. The Bertz CT molecular complexity index is 252. The second-order valence-electron chi connectivity index (χ2n) is 3.72. The van der Waals surface area contributed by atoms with E-state index in [2.05, 4.69) is 11.0 Å². The molecule has 0 aromatic heterocycles. The average Bonchev–Trinajstić information content (AvgIpc) is 2.80. The zero-order valence-corrected chi connectivity index (χ0v) is 7.16. The lowest BCUT2D eigenvalue weighted by atomic mass is 10.0. The highest BCUT2D eigenvalue weighted by atomic mass is 16.1. The quantitative estimate of drug-likeness (QED) is 0.569. The molecule has 1 saturated carbocycles. The SMILES string of the molecule is CC1C(C#N)C(=O)CN1C1CC1. The number of nitrogens with zero attached hydrogens (tertiary/aromatic N) is 2. The highest BCUT2D eigenvalue weighted by Crippen LogP contribution is 2.34. The van der Waals surface area contributed by atoms with E-state index < -0.39 is 0 Å². The van der Waals surface area contributed by atoms with Gasteiger partial charge in [-0.15, -0.1) is 0 Å². The van der Waals surface area contributed by atoms with Crippen LogP contribution in [0.5, 0.6) is 0 Å². The molecular weight excluding hydrogens is 152 g/mol. The molecule has 2 unspecified atom stereocenters. The van der Waals surface area contributed by atoms with Crippen molar-refractivity contribution in [3.05, 3.63) is 0 Å². The number of nitriles is 1. The molecule has 2 atom stereocenters. The molecule has 64 valence electrons. The lowest BCUT2D eigenvalue weighted by Crippen LogP contribution is -2.31. The molecule has 2 aliphatic rings. The monoisotopic (exact) mass is 164 g/mol. The van der Waals surface area contributed by atoms with Crippen LogP contribution < -0.4 is 0 Å². The molecule has 3 heteroatoms. The molecule has 0 aromatic rings. The molecule has 1 heterocycles. The Balaban J connectivity index is 2.12. The van der Waals surface area contributed by atoms with Gasteiger partial charge in [0.15, 0.2) is 5.78 Å². The Morgan fingerprint density at radius 3 is 2.67 bits per heavy atom. The van der Waals surface area contributed by atoms with Gasteiger partial charge in [0.1, 0.15) is 5.92 Å². The maximum Gasteiger partial charge on any atom is 0.165 e. The third-order valence-corrected chi connectivity index (χ3v) is 2.85. The normalized spacial score (nSPS) is 36.8. The molecule has 0 aromatic carbocycles. The molecular formula is C9H12N2O. The second kappa shape index (κ2) is 2.56. The summed E-state index contributed by atoms with van der Waals surface area (Å²) in [6, 6.07) is 2.83. The van der Waals surface area contributed by atoms with Crippen molar-refractivity contribution >= 4 is 5.78 Å². The van der Waals surface area contributed by atoms with E-state index in [0.717, 1.165) is 0 Å². The molecule has 2 rings (SSSR count). The minimum Gasteiger partial charge on any atom is -0.297 e. The van der Waals surface area contributed by atoms with Crippen LogP contribution in [0.3, 0.4) is 0 Å². The predicted molar refractivity (Wildman–Crippen MR) is 43.3 cm³/mol. The molecule has 0 bridgehead atoms. The number of carbonyl (C=O) groups excluding carboxylic acids is 1. The highest BCUT2D eigenvalue weighted by Gasteiger charge is 2.44. The Morgan fingerprint density at radius 2 is 2.25 bits per heavy atom. The van der Waals surface area contributed by atoms with Gasteiger partial charge in [0.25, 0.3) is 0 Å². The Morgan fingerprint density at radius 1 is 1.58 bits per heavy atom. The van der Waals surface area contributed by atoms with Crippen LogP contribution in [-0.4, -0.2) is 29.3 Å². The first-order valence-corrected chi connectivity index (χ1v) is 4.42. The number of hydrogen-bond acceptors (Lipinski definition) is 3. The Labute approximate surface area is 72.0 Å². The standard InChI is InChI=1S/C9H12N2O/c1-6-8(4-10)9(12)5-11(6)7-2-3-7/h6-8H,2-3,5H2,1H3. The zero-order chi connectivity index (χ0) is 8.72. The molecule has 1 aliphatic carbocycles. The summed E-state index contributed by atoms with van der Waals surface area (Å²) >= 11 is 0. The van der Waals surface area contributed by atoms with Gasteiger partial charge in [0.2, 0.25) is 0 Å². The zero-order valence-electron chi connectivity index (χ0n) is 7.16. The Kier molecular flexibility index (Phi) is 1.66. The van der Waals surface area contributed by atoms with Crippen LogP contribution in [0, 0.1) is 17.2 Å². The third-order valence-electron chi connectivity index (χ3n) is 2.85. The summed E-state index contributed by atoms with van der Waals surface area (Å²) in [5.41, 5.74) is 0. The fourth-order valence-corrected chi connectivity index (χ4v) is 1.93. The van der Waals surface area contributed by atoms with Crippen LogP contribution in [-0.2, 0) is 4.79 Å². The van der Waals surface area contributed by atoms with Crippen LogP contribution >= 0.6 is 0 Å². The van der Waals surface area contributed by atoms with Crippen molar-refractivity contribution in [3.8, 4) is 6.07 Å². The Hall–Kier alpha value is -0.880. The van der Waals surface area contributed by atoms with Crippen molar-refractivity contribution in [2.45, 2.75) is 31.8 Å². The molecule has 3 nitrogen and oxygen atoms in total. The van der Waals surface area contributed by atoms with Gasteiger partial charge >= 0.3 is 0 Å². The first-order chi connectivity index (χ1) is 5.74. The van der Waals surface area contributed by atoms with Gasteiger partial charge in [-0.2, -0.15) is 5.26 Å². The summed E-state index contributed by atoms with van der Waals surface area (Å²) in [7, 11) is 0. The van der Waals surface area contributed by atoms with Crippen molar-refractivity contribution in [3.63, 3.8) is 0 Å². The molecule has 0 N–H and O–H groups in total. The smallest absolute Gasteiger partial charge is 0.165 e. The van der Waals surface area contributed by atoms with E-state index in [4.69, 9.17) is 5.26 Å². The summed E-state index contributed by atoms with van der Waals surface area (Å²) in [6.07, 6.45) is 2.41. The van der Waals surface area contributed by atoms with Gasteiger partial charge in [-0.1, -0.05) is 0 Å². The summed E-state index contributed by atoms with van der Waals surface area (Å²) in [5, 5.41) is 8.73. The van der Waals surface area contributed by atoms with E-state index in [1.165, 1.54) is 12.8 Å². The summed E-state index contributed by atoms with van der Waals surface area (Å²) in [5.74, 6) is -0.262. The third kappa shape index (κ3) is 1.03. The number of carbonyl (C=O) groups is 1. The van der Waals surface area contributed by atoms with E-state index in [-0.39, 0.29) is 17.7 Å². The van der Waals surface area contributed by atoms with Crippen LogP contribution in [0.2, 0.25) is 0 Å². The van der Waals surface area contributed by atoms with E-state index >= 15 is 0 Å². The number of Topliss-reactive ketones (excluding diaryl/α,β-unsaturated/α-hetero) is 1. The highest BCUT2D eigenvalue weighted by molar-refractivity contribution is 5.88. The van der Waals surface area contributed by atoms with Gasteiger partial charge in [-0.25, -0.2) is 0 Å². The van der Waals surface area contributed by atoms with Gasteiger partial charge < -0.3 is 0 Å². The fourth-order valence-electron chi connectivity index (χ4n) is 1.93. The van der Waals surface area contributed by atoms with Crippen LogP contribution in [0.4, 0.5) is 0 Å². The van der Waals surface area contributed by atoms with Gasteiger partial charge in [-0.3, -0.25) is 9.69 Å². The molecule has 1 aliphatic heterocycles. The van der Waals surface area contributed by atoms with Crippen LogP contribution in [0.15, 0.2) is 0 Å². The lowest BCUT2D eigenvalue weighted by Gasteiger charge is -2.19. The summed E-state index contributed by atoms with van der Waals surface area (Å²) in [4.78, 5) is 13.5. The molecule has 2 fully saturated rings. The maximum atomic E-state index is 11.3. The molecule has 0 amide bonds. The topological polar surface area (TPSA) is 44.1 Å². The van der Waals surface area contributed by atoms with E-state index in [1.807, 2.05) is 6.92 Å². The number of ketones is 1. The van der Waals surface area contributed by atoms with Crippen molar-refractivity contribution in [2.75, 3.05) is 6.54 Å². The van der Waals surface area contributed by atoms with Gasteiger partial charge in [-0.05, 0) is 19.8 Å². The fraction of sp³-hybridized carbons (Fsp3) is 0.778. The van der Waals surface area contributed by atoms with Crippen molar-refractivity contribution < 1.29 is 4.79 Å². The predicted octanol–water partition coefficient (Wildman–Crippen LogP) is 0.562. The number of likely N-dealkylation sites (tertiary alicyclic amines) is 1. The lowest BCUT2D eigenvalue weighted by molar-refractivity contribution is -0.118. The maximum absolute atomic E-state index is 11.3. The van der Waals surface area contributed by atoms with Crippen molar-refractivity contribution in [1.29, 1.82) is 5.26 Å². The van der Waals surface area contributed by atoms with Crippen molar-refractivity contribution in [2.24, 2.45) is 5.92 Å². The second-order valence-corrected chi connectivity index (χ2v) is 3.72. The van der Waals surface area contributed by atoms with Crippen molar-refractivity contribution in [1.82, 2.24) is 4.90 Å². The largest absolute Gasteiger partial charge is 0.297 e. The first-order valence-electron chi connectivity index (χ1n) is 4.42. The van der Waals surface area contributed by atoms with Crippen LogP contribution in [0.1, 0.15) is 19.8 Å². The van der Waals surface area contributed by atoms with E-state index in [0.29, 0.717) is 12.6 Å². The van der Waals surface area contributed by atoms with E-state index in [1.54, 1.807) is 0 Å². The van der Waals surface area contributed by atoms with Crippen LogP contribution in [0.25, 0.3) is 0 Å². The molecule has 0 spiro atoms. The average molecular weight is 164 g/mol.